The number of rotatable bonds is 4. The Balaban J connectivity index is 1.91. The molecule has 4 rings (SSSR count). The van der Waals surface area contributed by atoms with E-state index in [-0.39, 0.29) is 0 Å². The molecule has 178 valence electrons. The second kappa shape index (κ2) is 8.26. The fourth-order valence-electron chi connectivity index (χ4n) is 3.94. The van der Waals surface area contributed by atoms with Crippen LogP contribution in [0.5, 0.6) is 0 Å². The molecule has 0 radical (unpaired) electrons. The molecule has 2 aliphatic rings. The molecular weight excluding hydrogens is 466 g/mol. The molecule has 1 saturated heterocycles. The van der Waals surface area contributed by atoms with E-state index in [2.05, 4.69) is 9.98 Å². The molecule has 2 aliphatic heterocycles. The normalized spacial score (nSPS) is 20.3. The summed E-state index contributed by atoms with van der Waals surface area (Å²) in [5, 5.41) is 1.61. The van der Waals surface area contributed by atoms with Crippen LogP contribution in [0.4, 0.5) is 31.1 Å². The van der Waals surface area contributed by atoms with Crippen molar-refractivity contribution in [1.29, 1.82) is 0 Å². The van der Waals surface area contributed by atoms with Gasteiger partial charge in [0.1, 0.15) is 17.6 Å². The number of alkyl halides is 6. The van der Waals surface area contributed by atoms with Crippen molar-refractivity contribution >= 4 is 23.6 Å². The van der Waals surface area contributed by atoms with Crippen LogP contribution in [0.3, 0.4) is 0 Å². The molecule has 2 aromatic rings. The third-order valence-electron chi connectivity index (χ3n) is 5.49. The molecule has 1 N–H and O–H groups in total. The summed E-state index contributed by atoms with van der Waals surface area (Å²) in [5.74, 6) is -6.46. The van der Waals surface area contributed by atoms with Crippen LogP contribution in [0, 0.1) is 5.92 Å². The second-order valence-corrected chi connectivity index (χ2v) is 7.72. The van der Waals surface area contributed by atoms with Crippen LogP contribution in [0.15, 0.2) is 70.6 Å². The Kier molecular flexibility index (Phi) is 5.70. The average Bonchev–Trinajstić information content (AvgIpc) is 2.76. The molecule has 3 amide bonds. The van der Waals surface area contributed by atoms with E-state index in [1.165, 1.54) is 24.3 Å². The van der Waals surface area contributed by atoms with Gasteiger partial charge in [0.05, 0.1) is 6.54 Å². The first-order valence-corrected chi connectivity index (χ1v) is 9.95. The minimum Gasteiger partial charge on any atom is -0.277 e. The lowest BCUT2D eigenvalue weighted by Crippen LogP contribution is -2.72. The summed E-state index contributed by atoms with van der Waals surface area (Å²) in [6, 6.07) is 14.4. The standard InChI is InChI=1S/C22H16F6N4O2/c23-21(24,25)20(22(26,27)28)16-17(29-15(31-20)11-13-7-3-1-4-8-13)32(19(34)30-18(16)33)12-14-9-5-2-6-10-14/h1-10,16H,11-12H2,(H,30,33,34). The molecule has 0 aliphatic carbocycles. The fraction of sp³-hybridized carbons (Fsp3) is 0.273. The van der Waals surface area contributed by atoms with E-state index in [1.807, 2.05) is 0 Å². The molecule has 1 fully saturated rings. The van der Waals surface area contributed by atoms with E-state index in [4.69, 9.17) is 0 Å². The number of amides is 3. The highest BCUT2D eigenvalue weighted by Crippen LogP contribution is 2.53. The number of halogens is 6. The number of amidine groups is 2. The molecule has 0 saturated carbocycles. The number of imide groups is 1. The van der Waals surface area contributed by atoms with Crippen molar-refractivity contribution in [3.8, 4) is 0 Å². The lowest BCUT2D eigenvalue weighted by Gasteiger charge is -2.45. The zero-order valence-corrected chi connectivity index (χ0v) is 17.2. The van der Waals surface area contributed by atoms with Gasteiger partial charge >= 0.3 is 18.4 Å². The van der Waals surface area contributed by atoms with Crippen LogP contribution < -0.4 is 5.32 Å². The van der Waals surface area contributed by atoms with Crippen molar-refractivity contribution in [3.63, 3.8) is 0 Å². The van der Waals surface area contributed by atoms with E-state index in [9.17, 15) is 35.9 Å². The quantitative estimate of drug-likeness (QED) is 0.661. The molecule has 2 heterocycles. The monoisotopic (exact) mass is 482 g/mol. The smallest absolute Gasteiger partial charge is 0.277 e. The van der Waals surface area contributed by atoms with Gasteiger partial charge in [0.25, 0.3) is 5.54 Å². The van der Waals surface area contributed by atoms with Gasteiger partial charge in [0.15, 0.2) is 0 Å². The first-order valence-electron chi connectivity index (χ1n) is 9.95. The SMILES string of the molecule is O=C1NC(=O)N(Cc2ccccc2)C2=NC(Cc3ccccc3)=NC(C(F)(F)F)(C(F)(F)F)C12. The highest BCUT2D eigenvalue weighted by Gasteiger charge is 2.79. The van der Waals surface area contributed by atoms with Crippen molar-refractivity contribution < 1.29 is 35.9 Å². The molecule has 6 nitrogen and oxygen atoms in total. The van der Waals surface area contributed by atoms with Crippen molar-refractivity contribution in [2.75, 3.05) is 0 Å². The largest absolute Gasteiger partial charge is 0.423 e. The summed E-state index contributed by atoms with van der Waals surface area (Å²) in [6.07, 6.45) is -12.5. The average molecular weight is 482 g/mol. The summed E-state index contributed by atoms with van der Waals surface area (Å²) in [4.78, 5) is 32.6. The highest BCUT2D eigenvalue weighted by molar-refractivity contribution is 6.22. The molecule has 34 heavy (non-hydrogen) atoms. The topological polar surface area (TPSA) is 74.1 Å². The Labute approximate surface area is 189 Å². The minimum absolute atomic E-state index is 0.350. The van der Waals surface area contributed by atoms with Gasteiger partial charge in [0.2, 0.25) is 5.91 Å². The van der Waals surface area contributed by atoms with Crippen LogP contribution in [0.25, 0.3) is 0 Å². The van der Waals surface area contributed by atoms with Gasteiger partial charge < -0.3 is 0 Å². The van der Waals surface area contributed by atoms with Crippen LogP contribution in [0.1, 0.15) is 11.1 Å². The van der Waals surface area contributed by atoms with Crippen molar-refractivity contribution in [1.82, 2.24) is 10.2 Å². The predicted octanol–water partition coefficient (Wildman–Crippen LogP) is 4.27. The molecule has 12 heteroatoms. The Morgan fingerprint density at radius 3 is 1.91 bits per heavy atom. The molecule has 2 aromatic carbocycles. The number of nitrogens with zero attached hydrogens (tertiary/aromatic N) is 3. The molecule has 1 atom stereocenters. The van der Waals surface area contributed by atoms with E-state index >= 15 is 0 Å². The third kappa shape index (κ3) is 3.93. The lowest BCUT2D eigenvalue weighted by molar-refractivity contribution is -0.302. The number of urea groups is 1. The van der Waals surface area contributed by atoms with Gasteiger partial charge in [-0.05, 0) is 11.1 Å². The molecule has 0 bridgehead atoms. The number of nitrogens with one attached hydrogen (secondary N) is 1. The van der Waals surface area contributed by atoms with Crippen molar-refractivity contribution in [3.05, 3.63) is 71.8 Å². The van der Waals surface area contributed by atoms with E-state index in [0.29, 0.717) is 16.0 Å². The zero-order valence-electron chi connectivity index (χ0n) is 17.2. The Morgan fingerprint density at radius 2 is 1.38 bits per heavy atom. The van der Waals surface area contributed by atoms with Crippen LogP contribution in [-0.4, -0.2) is 46.4 Å². The number of carbonyl (C=O) groups excluding carboxylic acids is 2. The first-order chi connectivity index (χ1) is 15.9. The van der Waals surface area contributed by atoms with Crippen molar-refractivity contribution in [2.24, 2.45) is 15.9 Å². The number of hydrogen-bond donors (Lipinski definition) is 1. The van der Waals surface area contributed by atoms with Gasteiger partial charge in [-0.15, -0.1) is 0 Å². The summed E-state index contributed by atoms with van der Waals surface area (Å²) in [7, 11) is 0. The summed E-state index contributed by atoms with van der Waals surface area (Å²) < 4.78 is 85.4. The van der Waals surface area contributed by atoms with Gasteiger partial charge in [-0.2, -0.15) is 26.3 Å². The predicted molar refractivity (Wildman–Crippen MR) is 109 cm³/mol. The maximum Gasteiger partial charge on any atom is 0.423 e. The lowest BCUT2D eigenvalue weighted by atomic mass is 9.78. The second-order valence-electron chi connectivity index (χ2n) is 7.72. The maximum absolute atomic E-state index is 14.2. The first kappa shape index (κ1) is 23.5. The summed E-state index contributed by atoms with van der Waals surface area (Å²) >= 11 is 0. The highest BCUT2D eigenvalue weighted by atomic mass is 19.4. The van der Waals surface area contributed by atoms with Crippen LogP contribution in [-0.2, 0) is 17.8 Å². The van der Waals surface area contributed by atoms with Gasteiger partial charge in [-0.3, -0.25) is 15.0 Å². The van der Waals surface area contributed by atoms with Crippen molar-refractivity contribution in [2.45, 2.75) is 30.9 Å². The molecule has 0 aromatic heterocycles. The Hall–Kier alpha value is -3.70. The van der Waals surface area contributed by atoms with Gasteiger partial charge in [-0.1, -0.05) is 60.7 Å². The summed E-state index contributed by atoms with van der Waals surface area (Å²) in [5.41, 5.74) is -4.06. The molecule has 1 unspecified atom stereocenters. The van der Waals surface area contributed by atoms with Crippen LogP contribution in [0.2, 0.25) is 0 Å². The van der Waals surface area contributed by atoms with E-state index < -0.39 is 60.4 Å². The minimum atomic E-state index is -6.02. The molecule has 0 spiro atoms. The van der Waals surface area contributed by atoms with Gasteiger partial charge in [-0.25, -0.2) is 14.8 Å². The van der Waals surface area contributed by atoms with Gasteiger partial charge in [0, 0.05) is 6.42 Å². The summed E-state index contributed by atoms with van der Waals surface area (Å²) in [6.45, 7) is -0.403. The Morgan fingerprint density at radius 1 is 0.853 bits per heavy atom. The number of aliphatic imine (C=N–C) groups is 2. The third-order valence-corrected chi connectivity index (χ3v) is 5.49. The van der Waals surface area contributed by atoms with E-state index in [1.54, 1.807) is 41.7 Å². The Bertz CT molecular complexity index is 1150. The maximum atomic E-state index is 14.2. The zero-order chi connectivity index (χ0) is 24.7. The van der Waals surface area contributed by atoms with Crippen LogP contribution >= 0.6 is 0 Å². The number of benzene rings is 2. The number of carbonyl (C=O) groups is 2. The number of hydrogen-bond acceptors (Lipinski definition) is 4. The fourth-order valence-corrected chi connectivity index (χ4v) is 3.94. The molecular formula is C22H16F6N4O2. The van der Waals surface area contributed by atoms with E-state index in [0.717, 1.165) is 0 Å². The number of fused-ring (bicyclic) bond motifs is 1.